The molecule has 0 fully saturated rings. The SMILES string of the molecule is Fc1ccc(Sc2ncc(Br)cc2Br)c(F)c1. The topological polar surface area (TPSA) is 12.9 Å². The molecule has 0 bridgehead atoms. The summed E-state index contributed by atoms with van der Waals surface area (Å²) in [5.74, 6) is -1.18. The largest absolute Gasteiger partial charge is 0.247 e. The van der Waals surface area contributed by atoms with E-state index in [0.717, 1.165) is 26.8 Å². The third-order valence-corrected chi connectivity index (χ3v) is 4.24. The molecule has 2 rings (SSSR count). The predicted molar refractivity (Wildman–Crippen MR) is 70.1 cm³/mol. The Morgan fingerprint density at radius 1 is 1.12 bits per heavy atom. The van der Waals surface area contributed by atoms with Crippen molar-refractivity contribution in [3.05, 3.63) is 51.0 Å². The first-order valence-electron chi connectivity index (χ1n) is 4.50. The van der Waals surface area contributed by atoms with E-state index < -0.39 is 11.6 Å². The van der Waals surface area contributed by atoms with Crippen LogP contribution in [0.3, 0.4) is 0 Å². The monoisotopic (exact) mass is 379 g/mol. The number of aromatic nitrogens is 1. The van der Waals surface area contributed by atoms with Gasteiger partial charge in [0.25, 0.3) is 0 Å². The summed E-state index contributed by atoms with van der Waals surface area (Å²) in [5, 5.41) is 0.624. The van der Waals surface area contributed by atoms with E-state index in [0.29, 0.717) is 9.92 Å². The molecule has 0 N–H and O–H groups in total. The summed E-state index contributed by atoms with van der Waals surface area (Å²) in [4.78, 5) is 4.48. The molecule has 0 aliphatic carbocycles. The Labute approximate surface area is 118 Å². The van der Waals surface area contributed by atoms with Gasteiger partial charge in [-0.25, -0.2) is 13.8 Å². The van der Waals surface area contributed by atoms with Crippen molar-refractivity contribution >= 4 is 43.6 Å². The molecule has 0 unspecified atom stereocenters. The fourth-order valence-corrected chi connectivity index (χ4v) is 3.13. The Hall–Kier alpha value is -0.460. The van der Waals surface area contributed by atoms with Crippen LogP contribution in [0.5, 0.6) is 0 Å². The zero-order valence-corrected chi connectivity index (χ0v) is 12.2. The number of halogens is 4. The Morgan fingerprint density at radius 3 is 2.53 bits per heavy atom. The molecule has 17 heavy (non-hydrogen) atoms. The van der Waals surface area contributed by atoms with Gasteiger partial charge in [-0.2, -0.15) is 0 Å². The Morgan fingerprint density at radius 2 is 1.88 bits per heavy atom. The number of hydrogen-bond donors (Lipinski definition) is 0. The molecular formula is C11H5Br2F2NS. The van der Waals surface area contributed by atoms with Crippen molar-refractivity contribution in [3.63, 3.8) is 0 Å². The first-order chi connectivity index (χ1) is 8.06. The van der Waals surface area contributed by atoms with E-state index >= 15 is 0 Å². The van der Waals surface area contributed by atoms with Crippen molar-refractivity contribution in [2.75, 3.05) is 0 Å². The molecule has 1 heterocycles. The molecule has 2 aromatic rings. The maximum atomic E-state index is 13.4. The highest BCUT2D eigenvalue weighted by molar-refractivity contribution is 9.11. The number of benzene rings is 1. The Kier molecular flexibility index (Phi) is 4.17. The highest BCUT2D eigenvalue weighted by Crippen LogP contribution is 2.34. The molecule has 0 saturated heterocycles. The molecule has 0 aliphatic rings. The van der Waals surface area contributed by atoms with Gasteiger partial charge in [-0.1, -0.05) is 11.8 Å². The zero-order valence-electron chi connectivity index (χ0n) is 8.25. The van der Waals surface area contributed by atoms with Gasteiger partial charge >= 0.3 is 0 Å². The molecule has 0 amide bonds. The maximum Gasteiger partial charge on any atom is 0.140 e. The zero-order chi connectivity index (χ0) is 12.4. The first kappa shape index (κ1) is 13.0. The second kappa shape index (κ2) is 5.46. The second-order valence-corrected chi connectivity index (χ2v) is 5.92. The minimum absolute atomic E-state index is 0.335. The molecule has 6 heteroatoms. The Bertz CT molecular complexity index is 514. The Balaban J connectivity index is 2.31. The van der Waals surface area contributed by atoms with Crippen LogP contribution < -0.4 is 0 Å². The van der Waals surface area contributed by atoms with Crippen molar-refractivity contribution in [1.82, 2.24) is 4.98 Å². The molecular weight excluding hydrogens is 376 g/mol. The summed E-state index contributed by atoms with van der Waals surface area (Å²) in [6.07, 6.45) is 1.62. The van der Waals surface area contributed by atoms with Gasteiger partial charge in [-0.3, -0.25) is 0 Å². The first-order valence-corrected chi connectivity index (χ1v) is 6.90. The van der Waals surface area contributed by atoms with Crippen molar-refractivity contribution in [2.45, 2.75) is 9.92 Å². The minimum atomic E-state index is -0.591. The van der Waals surface area contributed by atoms with Gasteiger partial charge in [-0.15, -0.1) is 0 Å². The molecule has 0 aliphatic heterocycles. The summed E-state index contributed by atoms with van der Waals surface area (Å²) in [7, 11) is 0. The lowest BCUT2D eigenvalue weighted by Crippen LogP contribution is -1.86. The second-order valence-electron chi connectivity index (χ2n) is 3.12. The summed E-state index contributed by atoms with van der Waals surface area (Å²) in [6.45, 7) is 0. The number of hydrogen-bond acceptors (Lipinski definition) is 2. The fraction of sp³-hybridized carbons (Fsp3) is 0. The van der Waals surface area contributed by atoms with Crippen LogP contribution in [0.2, 0.25) is 0 Å². The van der Waals surface area contributed by atoms with Crippen LogP contribution in [0.25, 0.3) is 0 Å². The lowest BCUT2D eigenvalue weighted by molar-refractivity contribution is 0.565. The van der Waals surface area contributed by atoms with Gasteiger partial charge in [0.2, 0.25) is 0 Å². The van der Waals surface area contributed by atoms with Gasteiger partial charge in [0.15, 0.2) is 0 Å². The van der Waals surface area contributed by atoms with Crippen molar-refractivity contribution in [3.8, 4) is 0 Å². The van der Waals surface area contributed by atoms with E-state index in [1.54, 1.807) is 6.20 Å². The highest BCUT2D eigenvalue weighted by atomic mass is 79.9. The molecule has 0 atom stereocenters. The average Bonchev–Trinajstić information content (AvgIpc) is 2.25. The van der Waals surface area contributed by atoms with Crippen LogP contribution in [0.1, 0.15) is 0 Å². The number of rotatable bonds is 2. The van der Waals surface area contributed by atoms with E-state index in [4.69, 9.17) is 0 Å². The van der Waals surface area contributed by atoms with E-state index in [1.165, 1.54) is 12.1 Å². The van der Waals surface area contributed by atoms with E-state index in [1.807, 2.05) is 6.07 Å². The normalized spacial score (nSPS) is 10.6. The predicted octanol–water partition coefficient (Wildman–Crippen LogP) is 5.04. The number of nitrogens with zero attached hydrogens (tertiary/aromatic N) is 1. The lowest BCUT2D eigenvalue weighted by atomic mass is 10.3. The average molecular weight is 381 g/mol. The van der Waals surface area contributed by atoms with E-state index in [2.05, 4.69) is 36.8 Å². The van der Waals surface area contributed by atoms with Crippen molar-refractivity contribution in [1.29, 1.82) is 0 Å². The molecule has 88 valence electrons. The van der Waals surface area contributed by atoms with Crippen molar-refractivity contribution < 1.29 is 8.78 Å². The fourth-order valence-electron chi connectivity index (χ4n) is 1.14. The summed E-state index contributed by atoms with van der Waals surface area (Å²) >= 11 is 7.75. The van der Waals surface area contributed by atoms with Crippen molar-refractivity contribution in [2.24, 2.45) is 0 Å². The standard InChI is InChI=1S/C11H5Br2F2NS/c12-6-3-8(13)11(16-5-6)17-10-2-1-7(14)4-9(10)15/h1-5H. The molecule has 1 nitrogen and oxygen atoms in total. The van der Waals surface area contributed by atoms with E-state index in [9.17, 15) is 8.78 Å². The molecule has 1 aromatic heterocycles. The van der Waals surface area contributed by atoms with Crippen LogP contribution in [-0.2, 0) is 0 Å². The summed E-state index contributed by atoms with van der Waals surface area (Å²) in [5.41, 5.74) is 0. The van der Waals surface area contributed by atoms with Gasteiger partial charge in [-0.05, 0) is 50.1 Å². The van der Waals surface area contributed by atoms with Crippen LogP contribution in [0.4, 0.5) is 8.78 Å². The van der Waals surface area contributed by atoms with Crippen LogP contribution in [0, 0.1) is 11.6 Å². The van der Waals surface area contributed by atoms with Gasteiger partial charge in [0.1, 0.15) is 16.7 Å². The minimum Gasteiger partial charge on any atom is -0.247 e. The van der Waals surface area contributed by atoms with Gasteiger partial charge < -0.3 is 0 Å². The third kappa shape index (κ3) is 3.26. The lowest BCUT2D eigenvalue weighted by Gasteiger charge is -2.04. The smallest absolute Gasteiger partial charge is 0.140 e. The molecule has 0 spiro atoms. The maximum absolute atomic E-state index is 13.4. The van der Waals surface area contributed by atoms with Crippen LogP contribution >= 0.6 is 43.6 Å². The van der Waals surface area contributed by atoms with Crippen LogP contribution in [0.15, 0.2) is 49.3 Å². The molecule has 0 saturated carbocycles. The van der Waals surface area contributed by atoms with Gasteiger partial charge in [0, 0.05) is 21.6 Å². The van der Waals surface area contributed by atoms with Crippen LogP contribution in [-0.4, -0.2) is 4.98 Å². The van der Waals surface area contributed by atoms with Gasteiger partial charge in [0.05, 0.1) is 4.47 Å². The highest BCUT2D eigenvalue weighted by Gasteiger charge is 2.09. The number of pyridine rings is 1. The summed E-state index contributed by atoms with van der Waals surface area (Å²) < 4.78 is 27.7. The third-order valence-electron chi connectivity index (χ3n) is 1.87. The molecule has 1 aromatic carbocycles. The summed E-state index contributed by atoms with van der Waals surface area (Å²) in [6, 6.07) is 5.29. The molecule has 0 radical (unpaired) electrons. The quantitative estimate of drug-likeness (QED) is 0.724. The van der Waals surface area contributed by atoms with E-state index in [-0.39, 0.29) is 0 Å².